The van der Waals surface area contributed by atoms with E-state index in [1.807, 2.05) is 0 Å². The van der Waals surface area contributed by atoms with Crippen molar-refractivity contribution in [1.82, 2.24) is 4.98 Å². The third kappa shape index (κ3) is 4.78. The molecule has 2 aromatic carbocycles. The first-order chi connectivity index (χ1) is 16.4. The molecule has 0 unspecified atom stereocenters. The number of carbonyl (C=O) groups is 1. The Balaban J connectivity index is 2.00. The fourth-order valence-electron chi connectivity index (χ4n) is 3.50. The number of aromatic nitrogens is 1. The number of halogens is 4. The summed E-state index contributed by atoms with van der Waals surface area (Å²) in [5, 5.41) is 0. The zero-order valence-electron chi connectivity index (χ0n) is 18.1. The van der Waals surface area contributed by atoms with Crippen molar-refractivity contribution in [2.24, 2.45) is 0 Å². The number of anilines is 1. The molecule has 1 N–H and O–H groups in total. The second kappa shape index (κ2) is 9.04. The summed E-state index contributed by atoms with van der Waals surface area (Å²) in [6.45, 7) is -0.527. The van der Waals surface area contributed by atoms with Gasteiger partial charge in [-0.2, -0.15) is 13.2 Å². The molecule has 1 aliphatic rings. The molecule has 4 rings (SSSR count). The average Bonchev–Trinajstić information content (AvgIpc) is 2.80. The number of benzene rings is 2. The third-order valence-electron chi connectivity index (χ3n) is 5.13. The molecule has 0 aliphatic carbocycles. The summed E-state index contributed by atoms with van der Waals surface area (Å²) in [6, 6.07) is 7.47. The molecule has 35 heavy (non-hydrogen) atoms. The molecule has 0 atom stereocenters. The number of methoxy groups -OCH3 is 2. The number of nitrogens with one attached hydrogen (secondary N) is 1. The molecule has 184 valence electrons. The standard InChI is InChI=1S/C22H16BrF3N2O6S/c1-32-17-4-3-11-6-16(17)28-35(30,31)18-7-12(5-15(23)20(18)33-2)21(29)34-10-13-8-19(22(24,25)26)27-9-14(11)13/h3-9,28H,10H2,1-2H3. The highest BCUT2D eigenvalue weighted by Gasteiger charge is 2.33. The van der Waals surface area contributed by atoms with Gasteiger partial charge in [0.1, 0.15) is 22.9 Å². The number of fused-ring (bicyclic) bond motifs is 6. The van der Waals surface area contributed by atoms with Crippen LogP contribution in [0, 0.1) is 0 Å². The third-order valence-corrected chi connectivity index (χ3v) is 7.09. The van der Waals surface area contributed by atoms with Crippen molar-refractivity contribution < 1.29 is 40.6 Å². The highest BCUT2D eigenvalue weighted by molar-refractivity contribution is 9.10. The van der Waals surface area contributed by atoms with E-state index < -0.39 is 34.5 Å². The van der Waals surface area contributed by atoms with Crippen molar-refractivity contribution in [1.29, 1.82) is 0 Å². The first-order valence-electron chi connectivity index (χ1n) is 9.76. The second-order valence-electron chi connectivity index (χ2n) is 7.31. The van der Waals surface area contributed by atoms with Crippen LogP contribution in [0.4, 0.5) is 18.9 Å². The maximum atomic E-state index is 13.3. The van der Waals surface area contributed by atoms with Gasteiger partial charge in [-0.05, 0) is 51.8 Å². The van der Waals surface area contributed by atoms with Crippen molar-refractivity contribution in [3.05, 3.63) is 63.9 Å². The van der Waals surface area contributed by atoms with Crippen LogP contribution in [0.5, 0.6) is 11.5 Å². The van der Waals surface area contributed by atoms with Gasteiger partial charge >= 0.3 is 12.1 Å². The van der Waals surface area contributed by atoms with E-state index in [1.165, 1.54) is 38.5 Å². The lowest BCUT2D eigenvalue weighted by Crippen LogP contribution is -2.16. The molecular formula is C22H16BrF3N2O6S. The summed E-state index contributed by atoms with van der Waals surface area (Å²) in [7, 11) is -1.75. The van der Waals surface area contributed by atoms with Crippen LogP contribution < -0.4 is 14.2 Å². The fourth-order valence-corrected chi connectivity index (χ4v) is 5.53. The largest absolute Gasteiger partial charge is 0.495 e. The molecule has 4 bridgehead atoms. The highest BCUT2D eigenvalue weighted by Crippen LogP contribution is 2.39. The van der Waals surface area contributed by atoms with Crippen LogP contribution in [0.15, 0.2) is 52.0 Å². The number of carbonyl (C=O) groups excluding carboxylic acids is 1. The van der Waals surface area contributed by atoms with E-state index in [0.717, 1.165) is 18.3 Å². The summed E-state index contributed by atoms with van der Waals surface area (Å²) in [4.78, 5) is 15.9. The number of rotatable bonds is 2. The SMILES string of the molecule is COc1ccc2cc1NS(=O)(=O)c1cc(cc(Br)c1OC)C(=O)OCc1cc(C(F)(F)F)ncc1-2. The van der Waals surface area contributed by atoms with Gasteiger partial charge in [0.05, 0.1) is 29.9 Å². The number of hydrogen-bond acceptors (Lipinski definition) is 7. The summed E-state index contributed by atoms with van der Waals surface area (Å²) in [5.41, 5.74) is -0.783. The van der Waals surface area contributed by atoms with Crippen LogP contribution in [0.1, 0.15) is 21.6 Å². The summed E-state index contributed by atoms with van der Waals surface area (Å²) >= 11 is 3.19. The molecule has 1 aromatic heterocycles. The number of cyclic esters (lactones) is 1. The number of alkyl halides is 3. The molecule has 3 aromatic rings. The maximum absolute atomic E-state index is 13.3. The van der Waals surface area contributed by atoms with Crippen molar-refractivity contribution >= 4 is 37.6 Å². The molecule has 0 amide bonds. The minimum Gasteiger partial charge on any atom is -0.495 e. The van der Waals surface area contributed by atoms with Crippen LogP contribution in [0.2, 0.25) is 0 Å². The van der Waals surface area contributed by atoms with Crippen molar-refractivity contribution in [2.75, 3.05) is 18.9 Å². The molecule has 1 aliphatic heterocycles. The van der Waals surface area contributed by atoms with E-state index in [9.17, 15) is 26.4 Å². The Labute approximate surface area is 206 Å². The molecule has 0 radical (unpaired) electrons. The van der Waals surface area contributed by atoms with Gasteiger partial charge in [0, 0.05) is 17.3 Å². The quantitative estimate of drug-likeness (QED) is 0.430. The van der Waals surface area contributed by atoms with Gasteiger partial charge in [0.2, 0.25) is 0 Å². The molecule has 8 nitrogen and oxygen atoms in total. The van der Waals surface area contributed by atoms with Gasteiger partial charge in [-0.1, -0.05) is 6.07 Å². The normalized spacial score (nSPS) is 14.9. The first-order valence-corrected chi connectivity index (χ1v) is 12.0. The van der Waals surface area contributed by atoms with E-state index in [-0.39, 0.29) is 43.2 Å². The fraction of sp³-hybridized carbons (Fsp3) is 0.182. The molecule has 0 spiro atoms. The number of hydrogen-bond donors (Lipinski definition) is 1. The van der Waals surface area contributed by atoms with E-state index in [2.05, 4.69) is 25.6 Å². The Morgan fingerprint density at radius 2 is 1.83 bits per heavy atom. The monoisotopic (exact) mass is 572 g/mol. The molecular weight excluding hydrogens is 557 g/mol. The van der Waals surface area contributed by atoms with Gasteiger partial charge in [-0.3, -0.25) is 9.71 Å². The number of esters is 1. The predicted molar refractivity (Wildman–Crippen MR) is 122 cm³/mol. The summed E-state index contributed by atoms with van der Waals surface area (Å²) < 4.78 is 84.9. The van der Waals surface area contributed by atoms with Crippen molar-refractivity contribution in [3.8, 4) is 22.6 Å². The lowest BCUT2D eigenvalue weighted by molar-refractivity contribution is -0.141. The van der Waals surface area contributed by atoms with Gasteiger partial charge in [-0.15, -0.1) is 0 Å². The van der Waals surface area contributed by atoms with Crippen LogP contribution in [-0.4, -0.2) is 33.6 Å². The van der Waals surface area contributed by atoms with Gasteiger partial charge in [-0.25, -0.2) is 13.2 Å². The lowest BCUT2D eigenvalue weighted by atomic mass is 10.0. The summed E-state index contributed by atoms with van der Waals surface area (Å²) in [5.74, 6) is -0.874. The minimum absolute atomic E-state index is 0.00548. The Morgan fingerprint density at radius 1 is 1.09 bits per heavy atom. The zero-order valence-corrected chi connectivity index (χ0v) is 20.5. The van der Waals surface area contributed by atoms with Crippen molar-refractivity contribution in [2.45, 2.75) is 17.7 Å². The minimum atomic E-state index is -4.73. The topological polar surface area (TPSA) is 104 Å². The molecule has 0 saturated carbocycles. The molecule has 13 heteroatoms. The maximum Gasteiger partial charge on any atom is 0.433 e. The van der Waals surface area contributed by atoms with Crippen LogP contribution in [0.25, 0.3) is 11.1 Å². The molecule has 0 fully saturated rings. The van der Waals surface area contributed by atoms with Crippen LogP contribution in [-0.2, 0) is 27.5 Å². The van der Waals surface area contributed by atoms with Gasteiger partial charge in [0.25, 0.3) is 10.0 Å². The Bertz CT molecular complexity index is 1440. The number of sulfonamides is 1. The lowest BCUT2D eigenvalue weighted by Gasteiger charge is -2.16. The predicted octanol–water partition coefficient (Wildman–Crippen LogP) is 5.02. The summed E-state index contributed by atoms with van der Waals surface area (Å²) in [6.07, 6.45) is -3.73. The highest BCUT2D eigenvalue weighted by atomic mass is 79.9. The van der Waals surface area contributed by atoms with Gasteiger partial charge in [0.15, 0.2) is 5.75 Å². The number of nitrogens with zero attached hydrogens (tertiary/aromatic N) is 1. The number of ether oxygens (including phenoxy) is 3. The van der Waals surface area contributed by atoms with E-state index in [0.29, 0.717) is 5.56 Å². The Morgan fingerprint density at radius 3 is 2.49 bits per heavy atom. The average molecular weight is 573 g/mol. The zero-order chi connectivity index (χ0) is 25.5. The van der Waals surface area contributed by atoms with E-state index in [4.69, 9.17) is 14.2 Å². The van der Waals surface area contributed by atoms with Crippen LogP contribution in [0.3, 0.4) is 0 Å². The smallest absolute Gasteiger partial charge is 0.433 e. The van der Waals surface area contributed by atoms with Gasteiger partial charge < -0.3 is 14.2 Å². The Hall–Kier alpha value is -3.32. The van der Waals surface area contributed by atoms with E-state index in [1.54, 1.807) is 0 Å². The van der Waals surface area contributed by atoms with Crippen LogP contribution >= 0.6 is 15.9 Å². The number of pyridine rings is 1. The van der Waals surface area contributed by atoms with E-state index >= 15 is 0 Å². The second-order valence-corrected chi connectivity index (χ2v) is 9.82. The molecule has 0 saturated heterocycles. The Kier molecular flexibility index (Phi) is 6.40. The van der Waals surface area contributed by atoms with Crippen molar-refractivity contribution in [3.63, 3.8) is 0 Å². The first kappa shape index (κ1) is 24.8. The molecule has 2 heterocycles.